The van der Waals surface area contributed by atoms with Gasteiger partial charge in [-0.2, -0.15) is 4.72 Å². The van der Waals surface area contributed by atoms with Crippen LogP contribution in [-0.2, 0) is 19.6 Å². The largest absolute Gasteiger partial charge is 0.389 e. The van der Waals surface area contributed by atoms with Gasteiger partial charge in [-0.1, -0.05) is 30.4 Å². The topological polar surface area (TPSA) is 110 Å². The van der Waals surface area contributed by atoms with Crippen LogP contribution in [0.1, 0.15) is 12.0 Å². The number of sulfonamides is 1. The number of hydrogen-bond donors (Lipinski definition) is 2. The molecule has 0 aromatic heterocycles. The van der Waals surface area contributed by atoms with E-state index in [-0.39, 0.29) is 21.9 Å². The number of amides is 2. The summed E-state index contributed by atoms with van der Waals surface area (Å²) in [5.41, 5.74) is 5.69. The zero-order chi connectivity index (χ0) is 15.8. The number of imide groups is 1. The number of benzene rings is 1. The molecule has 2 amide bonds. The quantitative estimate of drug-likeness (QED) is 0.562. The fourth-order valence-corrected chi connectivity index (χ4v) is 3.66. The number of hydrogen-bond acceptors (Lipinski definition) is 5. The summed E-state index contributed by atoms with van der Waals surface area (Å²) >= 11 is 4.82. The number of nitrogens with one attached hydrogen (secondary N) is 1. The summed E-state index contributed by atoms with van der Waals surface area (Å²) in [6.07, 6.45) is -0.205. The first-order valence-electron chi connectivity index (χ1n) is 5.95. The maximum Gasteiger partial charge on any atom is 0.247 e. The average molecular weight is 327 g/mol. The maximum absolute atomic E-state index is 12.4. The minimum Gasteiger partial charge on any atom is -0.389 e. The lowest BCUT2D eigenvalue weighted by molar-refractivity contribution is -0.137. The highest BCUT2D eigenvalue weighted by atomic mass is 32.2. The molecule has 112 valence electrons. The van der Waals surface area contributed by atoms with E-state index >= 15 is 0 Å². The van der Waals surface area contributed by atoms with E-state index in [1.807, 2.05) is 0 Å². The van der Waals surface area contributed by atoms with E-state index in [0.717, 1.165) is 4.90 Å². The second-order valence-corrected chi connectivity index (χ2v) is 6.65. The first-order valence-corrected chi connectivity index (χ1v) is 7.84. The molecule has 1 aliphatic heterocycles. The average Bonchev–Trinajstić information content (AvgIpc) is 2.66. The first-order chi connectivity index (χ1) is 9.74. The van der Waals surface area contributed by atoms with Crippen molar-refractivity contribution in [1.82, 2.24) is 9.62 Å². The van der Waals surface area contributed by atoms with Gasteiger partial charge < -0.3 is 5.73 Å². The number of likely N-dealkylation sites (N-methyl/N-ethyl adjacent to an activating group) is 1. The van der Waals surface area contributed by atoms with Gasteiger partial charge in [-0.15, -0.1) is 0 Å². The highest BCUT2D eigenvalue weighted by Gasteiger charge is 2.39. The van der Waals surface area contributed by atoms with Crippen LogP contribution in [0.4, 0.5) is 0 Å². The van der Waals surface area contributed by atoms with Gasteiger partial charge in [0.15, 0.2) is 0 Å². The minimum atomic E-state index is -4.02. The molecule has 1 saturated heterocycles. The van der Waals surface area contributed by atoms with E-state index in [1.54, 1.807) is 6.07 Å². The molecule has 1 aromatic carbocycles. The molecule has 1 fully saturated rings. The van der Waals surface area contributed by atoms with Gasteiger partial charge >= 0.3 is 0 Å². The van der Waals surface area contributed by atoms with E-state index in [2.05, 4.69) is 4.72 Å². The Balaban J connectivity index is 2.34. The lowest BCUT2D eigenvalue weighted by Crippen LogP contribution is -2.41. The van der Waals surface area contributed by atoms with Crippen LogP contribution in [0.3, 0.4) is 0 Å². The predicted octanol–water partition coefficient (Wildman–Crippen LogP) is -0.644. The molecule has 1 aromatic rings. The fourth-order valence-electron chi connectivity index (χ4n) is 2.00. The number of rotatable bonds is 4. The second-order valence-electron chi connectivity index (χ2n) is 4.53. The molecule has 3 N–H and O–H groups in total. The lowest BCUT2D eigenvalue weighted by Gasteiger charge is -2.14. The molecule has 0 spiro atoms. The van der Waals surface area contributed by atoms with Gasteiger partial charge in [0, 0.05) is 12.6 Å². The van der Waals surface area contributed by atoms with Gasteiger partial charge in [0.1, 0.15) is 11.0 Å². The third kappa shape index (κ3) is 2.94. The molecular formula is C12H13N3O4S2. The highest BCUT2D eigenvalue weighted by Crippen LogP contribution is 2.18. The molecule has 0 aliphatic carbocycles. The summed E-state index contributed by atoms with van der Waals surface area (Å²) in [5.74, 6) is -1.02. The van der Waals surface area contributed by atoms with E-state index in [0.29, 0.717) is 0 Å². The van der Waals surface area contributed by atoms with Crippen LogP contribution < -0.4 is 10.5 Å². The molecule has 9 heteroatoms. The van der Waals surface area contributed by atoms with Gasteiger partial charge in [0.2, 0.25) is 21.8 Å². The Bertz CT molecular complexity index is 730. The Morgan fingerprint density at radius 2 is 2.00 bits per heavy atom. The number of carbonyl (C=O) groups excluding carboxylic acids is 2. The van der Waals surface area contributed by atoms with Crippen LogP contribution in [0.5, 0.6) is 0 Å². The van der Waals surface area contributed by atoms with Crippen molar-refractivity contribution in [2.24, 2.45) is 5.73 Å². The summed E-state index contributed by atoms with van der Waals surface area (Å²) in [4.78, 5) is 23.9. The zero-order valence-electron chi connectivity index (χ0n) is 11.1. The third-order valence-corrected chi connectivity index (χ3v) is 4.87. The molecular weight excluding hydrogens is 314 g/mol. The predicted molar refractivity (Wildman–Crippen MR) is 78.8 cm³/mol. The van der Waals surface area contributed by atoms with Crippen LogP contribution in [0, 0.1) is 0 Å². The van der Waals surface area contributed by atoms with E-state index in [9.17, 15) is 18.0 Å². The van der Waals surface area contributed by atoms with Crippen molar-refractivity contribution >= 4 is 39.0 Å². The number of carbonyl (C=O) groups is 2. The van der Waals surface area contributed by atoms with Crippen molar-refractivity contribution < 1.29 is 18.0 Å². The molecule has 1 heterocycles. The molecule has 1 aliphatic rings. The molecule has 0 bridgehead atoms. The normalized spacial score (nSPS) is 19.1. The summed E-state index contributed by atoms with van der Waals surface area (Å²) in [6.45, 7) is 0. The Kier molecular flexibility index (Phi) is 4.08. The van der Waals surface area contributed by atoms with Crippen molar-refractivity contribution in [2.45, 2.75) is 17.4 Å². The van der Waals surface area contributed by atoms with Gasteiger partial charge in [0.25, 0.3) is 0 Å². The van der Waals surface area contributed by atoms with Gasteiger partial charge in [-0.05, 0) is 6.07 Å². The van der Waals surface area contributed by atoms with Crippen LogP contribution >= 0.6 is 12.2 Å². The summed E-state index contributed by atoms with van der Waals surface area (Å²) in [6, 6.07) is 4.83. The lowest BCUT2D eigenvalue weighted by atomic mass is 10.2. The Morgan fingerprint density at radius 3 is 2.52 bits per heavy atom. The van der Waals surface area contributed by atoms with Crippen molar-refractivity contribution in [2.75, 3.05) is 7.05 Å². The van der Waals surface area contributed by atoms with Gasteiger partial charge in [-0.25, -0.2) is 8.42 Å². The fraction of sp³-hybridized carbons (Fsp3) is 0.250. The van der Waals surface area contributed by atoms with Crippen LogP contribution in [0.25, 0.3) is 0 Å². The van der Waals surface area contributed by atoms with E-state index in [1.165, 1.54) is 25.2 Å². The summed E-state index contributed by atoms with van der Waals surface area (Å²) in [7, 11) is -2.71. The molecule has 7 nitrogen and oxygen atoms in total. The minimum absolute atomic E-state index is 0.0677. The summed E-state index contributed by atoms with van der Waals surface area (Å²) in [5, 5.41) is 0. The first kappa shape index (κ1) is 15.5. The molecule has 21 heavy (non-hydrogen) atoms. The molecule has 1 unspecified atom stereocenters. The highest BCUT2D eigenvalue weighted by molar-refractivity contribution is 7.89. The monoisotopic (exact) mass is 327 g/mol. The molecule has 0 radical (unpaired) electrons. The van der Waals surface area contributed by atoms with E-state index in [4.69, 9.17) is 18.0 Å². The van der Waals surface area contributed by atoms with Gasteiger partial charge in [-0.3, -0.25) is 14.5 Å². The molecule has 2 rings (SSSR count). The van der Waals surface area contributed by atoms with Crippen molar-refractivity contribution in [1.29, 1.82) is 0 Å². The second kappa shape index (κ2) is 5.51. The molecule has 0 saturated carbocycles. The van der Waals surface area contributed by atoms with Crippen molar-refractivity contribution in [3.05, 3.63) is 29.8 Å². The maximum atomic E-state index is 12.4. The zero-order valence-corrected chi connectivity index (χ0v) is 12.7. The van der Waals surface area contributed by atoms with Crippen LogP contribution in [0.15, 0.2) is 29.2 Å². The van der Waals surface area contributed by atoms with Crippen molar-refractivity contribution in [3.63, 3.8) is 0 Å². The summed E-state index contributed by atoms with van der Waals surface area (Å²) < 4.78 is 27.0. The Hall–Kier alpha value is -1.84. The van der Waals surface area contributed by atoms with E-state index < -0.39 is 27.9 Å². The number of nitrogens with zero attached hydrogens (tertiary/aromatic N) is 1. The number of thiocarbonyl (C=S) groups is 1. The Labute approximate surface area is 127 Å². The van der Waals surface area contributed by atoms with Crippen LogP contribution in [0.2, 0.25) is 0 Å². The number of likely N-dealkylation sites (tertiary alicyclic amines) is 1. The third-order valence-electron chi connectivity index (χ3n) is 3.12. The molecule has 1 atom stereocenters. The Morgan fingerprint density at radius 1 is 1.38 bits per heavy atom. The van der Waals surface area contributed by atoms with Gasteiger partial charge in [0.05, 0.1) is 11.3 Å². The standard InChI is InChI=1S/C12H13N3O4S2/c1-15-10(16)6-8(12(15)17)14-21(18,19)9-5-3-2-4-7(9)11(13)20/h2-5,8,14H,6H2,1H3,(H2,13,20). The SMILES string of the molecule is CN1C(=O)CC(NS(=O)(=O)c2ccccc2C(N)=S)C1=O. The smallest absolute Gasteiger partial charge is 0.247 e. The van der Waals surface area contributed by atoms with Crippen molar-refractivity contribution in [3.8, 4) is 0 Å². The number of nitrogens with two attached hydrogens (primary N) is 1. The van der Waals surface area contributed by atoms with Crippen LogP contribution in [-0.4, -0.2) is 43.2 Å².